The van der Waals surface area contributed by atoms with Crippen molar-refractivity contribution in [3.63, 3.8) is 0 Å². The summed E-state index contributed by atoms with van der Waals surface area (Å²) in [5.41, 5.74) is 0. The van der Waals surface area contributed by atoms with Crippen LogP contribution >= 0.6 is 11.8 Å². The van der Waals surface area contributed by atoms with E-state index in [4.69, 9.17) is 0 Å². The third kappa shape index (κ3) is 1.51. The first-order valence-corrected chi connectivity index (χ1v) is 6.39. The van der Waals surface area contributed by atoms with E-state index in [2.05, 4.69) is 18.5 Å². The SMILES string of the molecule is CSC1CCC1NC1CCC1C. The zero-order valence-corrected chi connectivity index (χ0v) is 8.86. The smallest absolute Gasteiger partial charge is 0.0199 e. The molecule has 1 N–H and O–H groups in total. The van der Waals surface area contributed by atoms with E-state index in [1.165, 1.54) is 25.7 Å². The highest BCUT2D eigenvalue weighted by Crippen LogP contribution is 2.34. The van der Waals surface area contributed by atoms with E-state index in [1.807, 2.05) is 11.8 Å². The molecule has 12 heavy (non-hydrogen) atoms. The largest absolute Gasteiger partial charge is 0.310 e. The summed E-state index contributed by atoms with van der Waals surface area (Å²) in [6.07, 6.45) is 7.93. The Kier molecular flexibility index (Phi) is 2.66. The molecule has 2 saturated carbocycles. The second-order valence-electron chi connectivity index (χ2n) is 4.29. The minimum absolute atomic E-state index is 0.841. The highest BCUT2D eigenvalue weighted by atomic mass is 32.2. The molecule has 0 radical (unpaired) electrons. The lowest BCUT2D eigenvalue weighted by atomic mass is 9.79. The third-order valence-electron chi connectivity index (χ3n) is 3.56. The Labute approximate surface area is 79.7 Å². The average molecular weight is 185 g/mol. The van der Waals surface area contributed by atoms with Gasteiger partial charge in [0.2, 0.25) is 0 Å². The summed E-state index contributed by atoms with van der Waals surface area (Å²) in [4.78, 5) is 0. The lowest BCUT2D eigenvalue weighted by Crippen LogP contribution is -2.55. The average Bonchev–Trinajstić information content (AvgIpc) is 2.01. The Morgan fingerprint density at radius 2 is 1.83 bits per heavy atom. The molecular formula is C10H19NS. The van der Waals surface area contributed by atoms with E-state index in [1.54, 1.807) is 0 Å². The molecule has 70 valence electrons. The lowest BCUT2D eigenvalue weighted by Gasteiger charge is -2.44. The fourth-order valence-electron chi connectivity index (χ4n) is 2.13. The molecule has 0 aliphatic heterocycles. The van der Waals surface area contributed by atoms with Gasteiger partial charge in [-0.15, -0.1) is 0 Å². The van der Waals surface area contributed by atoms with E-state index in [9.17, 15) is 0 Å². The molecular weight excluding hydrogens is 166 g/mol. The van der Waals surface area contributed by atoms with E-state index >= 15 is 0 Å². The van der Waals surface area contributed by atoms with Crippen LogP contribution in [-0.4, -0.2) is 23.6 Å². The van der Waals surface area contributed by atoms with Crippen molar-refractivity contribution in [1.29, 1.82) is 0 Å². The monoisotopic (exact) mass is 185 g/mol. The predicted molar refractivity (Wildman–Crippen MR) is 55.6 cm³/mol. The van der Waals surface area contributed by atoms with Gasteiger partial charge in [0.1, 0.15) is 0 Å². The van der Waals surface area contributed by atoms with Gasteiger partial charge in [-0.3, -0.25) is 0 Å². The van der Waals surface area contributed by atoms with Crippen LogP contribution in [-0.2, 0) is 0 Å². The molecule has 0 heterocycles. The Morgan fingerprint density at radius 3 is 2.17 bits per heavy atom. The van der Waals surface area contributed by atoms with Crippen LogP contribution in [0, 0.1) is 5.92 Å². The Bertz CT molecular complexity index is 158. The number of nitrogens with one attached hydrogen (secondary N) is 1. The zero-order valence-electron chi connectivity index (χ0n) is 8.05. The van der Waals surface area contributed by atoms with Gasteiger partial charge in [-0.05, 0) is 37.9 Å². The molecule has 4 atom stereocenters. The van der Waals surface area contributed by atoms with Crippen LogP contribution in [0.4, 0.5) is 0 Å². The van der Waals surface area contributed by atoms with Gasteiger partial charge in [-0.1, -0.05) is 6.92 Å². The van der Waals surface area contributed by atoms with Gasteiger partial charge >= 0.3 is 0 Å². The summed E-state index contributed by atoms with van der Waals surface area (Å²) in [6, 6.07) is 1.69. The Hall–Kier alpha value is 0.310. The molecule has 0 spiro atoms. The molecule has 2 aliphatic rings. The summed E-state index contributed by atoms with van der Waals surface area (Å²) in [6.45, 7) is 2.37. The molecule has 2 rings (SSSR count). The molecule has 4 unspecified atom stereocenters. The summed E-state index contributed by atoms with van der Waals surface area (Å²) < 4.78 is 0. The molecule has 0 bridgehead atoms. The summed E-state index contributed by atoms with van der Waals surface area (Å²) in [7, 11) is 0. The molecule has 2 fully saturated rings. The molecule has 0 aromatic heterocycles. The van der Waals surface area contributed by atoms with Crippen LogP contribution in [0.2, 0.25) is 0 Å². The number of hydrogen-bond donors (Lipinski definition) is 1. The van der Waals surface area contributed by atoms with Crippen LogP contribution in [0.25, 0.3) is 0 Å². The summed E-state index contributed by atoms with van der Waals surface area (Å²) >= 11 is 2.03. The minimum atomic E-state index is 0.841. The fourth-order valence-corrected chi connectivity index (χ4v) is 3.05. The van der Waals surface area contributed by atoms with Crippen LogP contribution in [0.15, 0.2) is 0 Å². The first kappa shape index (κ1) is 8.89. The van der Waals surface area contributed by atoms with E-state index < -0.39 is 0 Å². The van der Waals surface area contributed by atoms with Gasteiger partial charge in [0.15, 0.2) is 0 Å². The lowest BCUT2D eigenvalue weighted by molar-refractivity contribution is 0.183. The molecule has 0 aromatic rings. The molecule has 2 heteroatoms. The normalized spacial score (nSPS) is 46.5. The van der Waals surface area contributed by atoms with Crippen molar-refractivity contribution in [1.82, 2.24) is 5.32 Å². The van der Waals surface area contributed by atoms with E-state index in [-0.39, 0.29) is 0 Å². The van der Waals surface area contributed by atoms with Gasteiger partial charge in [0.05, 0.1) is 0 Å². The fraction of sp³-hybridized carbons (Fsp3) is 1.00. The highest BCUT2D eigenvalue weighted by molar-refractivity contribution is 7.99. The maximum atomic E-state index is 3.78. The van der Waals surface area contributed by atoms with Crippen molar-refractivity contribution in [3.05, 3.63) is 0 Å². The van der Waals surface area contributed by atoms with Crippen molar-refractivity contribution < 1.29 is 0 Å². The second kappa shape index (κ2) is 3.59. The standard InChI is InChI=1S/C10H19NS/c1-7-3-4-8(7)11-9-5-6-10(9)12-2/h7-11H,3-6H2,1-2H3. The van der Waals surface area contributed by atoms with Gasteiger partial charge in [0.25, 0.3) is 0 Å². The van der Waals surface area contributed by atoms with Gasteiger partial charge in [-0.25, -0.2) is 0 Å². The molecule has 1 nitrogen and oxygen atoms in total. The number of hydrogen-bond acceptors (Lipinski definition) is 2. The van der Waals surface area contributed by atoms with Crippen molar-refractivity contribution in [2.75, 3.05) is 6.26 Å². The minimum Gasteiger partial charge on any atom is -0.310 e. The molecule has 0 saturated heterocycles. The maximum absolute atomic E-state index is 3.78. The number of rotatable bonds is 3. The molecule has 0 aromatic carbocycles. The van der Waals surface area contributed by atoms with Crippen molar-refractivity contribution in [2.45, 2.75) is 49.9 Å². The van der Waals surface area contributed by atoms with Crippen LogP contribution in [0.5, 0.6) is 0 Å². The Balaban J connectivity index is 1.72. The van der Waals surface area contributed by atoms with Crippen molar-refractivity contribution in [2.24, 2.45) is 5.92 Å². The highest BCUT2D eigenvalue weighted by Gasteiger charge is 2.35. The number of thioether (sulfide) groups is 1. The Morgan fingerprint density at radius 1 is 1.08 bits per heavy atom. The summed E-state index contributed by atoms with van der Waals surface area (Å²) in [5, 5.41) is 4.70. The topological polar surface area (TPSA) is 12.0 Å². The van der Waals surface area contributed by atoms with Crippen molar-refractivity contribution in [3.8, 4) is 0 Å². The first-order valence-electron chi connectivity index (χ1n) is 5.10. The molecule has 0 amide bonds. The third-order valence-corrected chi connectivity index (χ3v) is 4.73. The van der Waals surface area contributed by atoms with Crippen LogP contribution < -0.4 is 5.32 Å². The summed E-state index contributed by atoms with van der Waals surface area (Å²) in [5.74, 6) is 0.938. The predicted octanol–water partition coefficient (Wildman–Crippen LogP) is 2.27. The van der Waals surface area contributed by atoms with Crippen LogP contribution in [0.3, 0.4) is 0 Å². The molecule has 2 aliphatic carbocycles. The van der Waals surface area contributed by atoms with Crippen LogP contribution in [0.1, 0.15) is 32.6 Å². The van der Waals surface area contributed by atoms with Gasteiger partial charge in [-0.2, -0.15) is 11.8 Å². The maximum Gasteiger partial charge on any atom is 0.0199 e. The van der Waals surface area contributed by atoms with Gasteiger partial charge in [0, 0.05) is 17.3 Å². The van der Waals surface area contributed by atoms with Crippen molar-refractivity contribution >= 4 is 11.8 Å². The van der Waals surface area contributed by atoms with E-state index in [0.29, 0.717) is 0 Å². The van der Waals surface area contributed by atoms with E-state index in [0.717, 1.165) is 23.3 Å². The quantitative estimate of drug-likeness (QED) is 0.724. The first-order chi connectivity index (χ1) is 5.81. The van der Waals surface area contributed by atoms with Gasteiger partial charge < -0.3 is 5.32 Å². The second-order valence-corrected chi connectivity index (χ2v) is 5.36. The zero-order chi connectivity index (χ0) is 8.55.